The van der Waals surface area contributed by atoms with Crippen molar-refractivity contribution >= 4 is 59.0 Å². The van der Waals surface area contributed by atoms with Crippen molar-refractivity contribution in [3.05, 3.63) is 72.3 Å². The number of phenolic OH excluding ortho intramolecular Hbond substituents is 1. The molecule has 0 aliphatic carbocycles. The normalized spacial score (nSPS) is 16.5. The zero-order valence-electron chi connectivity index (χ0n) is 32.8. The summed E-state index contributed by atoms with van der Waals surface area (Å²) in [6.07, 6.45) is 5.48. The molecule has 5 N–H and O–H groups in total. The van der Waals surface area contributed by atoms with Crippen LogP contribution in [0.1, 0.15) is 70.9 Å². The van der Waals surface area contributed by atoms with Crippen LogP contribution in [0, 0.1) is 0 Å². The fourth-order valence-electron chi connectivity index (χ4n) is 6.76. The van der Waals surface area contributed by atoms with Gasteiger partial charge in [-0.1, -0.05) is 89.5 Å². The minimum atomic E-state index is -4.09. The van der Waals surface area contributed by atoms with Crippen LogP contribution in [-0.4, -0.2) is 75.0 Å². The SMILES string of the molecule is CCCCC1(CCCC)CN(c2ccccc2)c2cc(SC)c(OC(C)C(=O)N[C@@H](C(=O)N[C@@H](C[Si](C)(C)C)C(=O)O)c3ccc(O)cc3)cc2S(=O)(=O)N1. The first kappa shape index (κ1) is 43.7. The first-order chi connectivity index (χ1) is 25.9. The number of rotatable bonds is 18. The van der Waals surface area contributed by atoms with Gasteiger partial charge in [-0.2, -0.15) is 0 Å². The monoisotopic (exact) mass is 812 g/mol. The Morgan fingerprint density at radius 1 is 0.964 bits per heavy atom. The number of thioether (sulfide) groups is 1. The number of sulfonamides is 1. The van der Waals surface area contributed by atoms with Gasteiger partial charge in [0.25, 0.3) is 5.91 Å². The van der Waals surface area contributed by atoms with E-state index in [1.165, 1.54) is 49.0 Å². The highest BCUT2D eigenvalue weighted by molar-refractivity contribution is 7.98. The maximum atomic E-state index is 14.4. The third-order valence-electron chi connectivity index (χ3n) is 9.60. The van der Waals surface area contributed by atoms with Crippen molar-refractivity contribution in [3.63, 3.8) is 0 Å². The molecule has 0 fully saturated rings. The number of ether oxygens (including phenoxy) is 1. The molecule has 0 radical (unpaired) electrons. The van der Waals surface area contributed by atoms with Crippen molar-refractivity contribution in [2.24, 2.45) is 0 Å². The fraction of sp³-hybridized carbons (Fsp3) is 0.475. The molecule has 55 heavy (non-hydrogen) atoms. The van der Waals surface area contributed by atoms with Crippen molar-refractivity contribution in [2.45, 2.75) is 118 Å². The van der Waals surface area contributed by atoms with Gasteiger partial charge in [0.15, 0.2) is 6.10 Å². The first-order valence-electron chi connectivity index (χ1n) is 18.8. The number of amides is 2. The highest BCUT2D eigenvalue weighted by Gasteiger charge is 2.42. The van der Waals surface area contributed by atoms with Gasteiger partial charge in [-0.05, 0) is 68.0 Å². The maximum absolute atomic E-state index is 14.4. The van der Waals surface area contributed by atoms with Gasteiger partial charge in [-0.25, -0.2) is 13.1 Å². The molecule has 3 aromatic carbocycles. The number of carbonyl (C=O) groups is 3. The van der Waals surface area contributed by atoms with Crippen molar-refractivity contribution in [1.29, 1.82) is 0 Å². The summed E-state index contributed by atoms with van der Waals surface area (Å²) >= 11 is 1.35. The summed E-state index contributed by atoms with van der Waals surface area (Å²) in [5.74, 6) is -2.49. The molecule has 2 amide bonds. The summed E-state index contributed by atoms with van der Waals surface area (Å²) < 4.78 is 38.2. The summed E-state index contributed by atoms with van der Waals surface area (Å²) in [5.41, 5.74) is 0.932. The number of fused-ring (bicyclic) bond motifs is 1. The predicted octanol–water partition coefficient (Wildman–Crippen LogP) is 7.20. The number of aromatic hydroxyl groups is 1. The summed E-state index contributed by atoms with van der Waals surface area (Å²) in [6.45, 7) is 12.1. The molecular weight excluding hydrogens is 757 g/mol. The molecule has 0 saturated carbocycles. The van der Waals surface area contributed by atoms with Gasteiger partial charge >= 0.3 is 5.97 Å². The van der Waals surface area contributed by atoms with Crippen molar-refractivity contribution in [1.82, 2.24) is 15.4 Å². The van der Waals surface area contributed by atoms with E-state index in [0.717, 1.165) is 31.4 Å². The number of carbonyl (C=O) groups excluding carboxylic acids is 2. The number of nitrogens with one attached hydrogen (secondary N) is 3. The van der Waals surface area contributed by atoms with E-state index in [-0.39, 0.29) is 22.4 Å². The van der Waals surface area contributed by atoms with Crippen LogP contribution in [0.2, 0.25) is 25.7 Å². The van der Waals surface area contributed by atoms with E-state index in [4.69, 9.17) is 4.74 Å². The molecule has 1 heterocycles. The number of hydrogen-bond acceptors (Lipinski definition) is 9. The van der Waals surface area contributed by atoms with Gasteiger partial charge in [0.1, 0.15) is 28.5 Å². The second-order valence-electron chi connectivity index (χ2n) is 15.4. The van der Waals surface area contributed by atoms with E-state index in [9.17, 15) is 33.0 Å². The summed E-state index contributed by atoms with van der Waals surface area (Å²) in [6, 6.07) is 16.4. The van der Waals surface area contributed by atoms with Crippen LogP contribution < -0.4 is 25.0 Å². The summed E-state index contributed by atoms with van der Waals surface area (Å²) in [7, 11) is -6.02. The molecule has 300 valence electrons. The van der Waals surface area contributed by atoms with Crippen molar-refractivity contribution < 1.29 is 37.8 Å². The lowest BCUT2D eigenvalue weighted by Gasteiger charge is -2.37. The molecule has 0 aromatic heterocycles. The Morgan fingerprint density at radius 2 is 1.58 bits per heavy atom. The lowest BCUT2D eigenvalue weighted by Crippen LogP contribution is -2.53. The van der Waals surface area contributed by atoms with E-state index in [2.05, 4.69) is 34.1 Å². The molecular formula is C40H56N4O8S2Si. The smallest absolute Gasteiger partial charge is 0.325 e. The Labute approximate surface area is 330 Å². The zero-order chi connectivity index (χ0) is 40.6. The molecule has 4 rings (SSSR count). The second-order valence-corrected chi connectivity index (χ2v) is 23.5. The Bertz CT molecular complexity index is 1900. The number of phenols is 1. The van der Waals surface area contributed by atoms with E-state index in [1.807, 2.05) is 56.2 Å². The van der Waals surface area contributed by atoms with Gasteiger partial charge in [-0.3, -0.25) is 14.4 Å². The number of carboxylic acid groups (broad SMARTS) is 1. The lowest BCUT2D eigenvalue weighted by molar-refractivity contribution is -0.142. The molecule has 0 bridgehead atoms. The third kappa shape index (κ3) is 11.5. The highest BCUT2D eigenvalue weighted by Crippen LogP contribution is 2.44. The van der Waals surface area contributed by atoms with Crippen LogP contribution in [-0.2, 0) is 24.4 Å². The lowest BCUT2D eigenvalue weighted by atomic mass is 9.87. The Morgan fingerprint density at radius 3 is 2.13 bits per heavy atom. The minimum absolute atomic E-state index is 0.0232. The van der Waals surface area contributed by atoms with Crippen LogP contribution >= 0.6 is 11.8 Å². The van der Waals surface area contributed by atoms with Gasteiger partial charge in [0, 0.05) is 26.4 Å². The van der Waals surface area contributed by atoms with Crippen molar-refractivity contribution in [3.8, 4) is 11.5 Å². The number of carboxylic acids is 1. The molecule has 0 spiro atoms. The minimum Gasteiger partial charge on any atom is -0.508 e. The molecule has 3 aromatic rings. The predicted molar refractivity (Wildman–Crippen MR) is 221 cm³/mol. The quantitative estimate of drug-likeness (QED) is 0.0653. The molecule has 12 nitrogen and oxygen atoms in total. The molecule has 0 saturated heterocycles. The van der Waals surface area contributed by atoms with E-state index >= 15 is 0 Å². The fourth-order valence-corrected chi connectivity index (χ4v) is 10.5. The average molecular weight is 813 g/mol. The molecule has 1 unspecified atom stereocenters. The van der Waals surface area contributed by atoms with Crippen LogP contribution in [0.3, 0.4) is 0 Å². The molecule has 15 heteroatoms. The average Bonchev–Trinajstić information content (AvgIpc) is 3.22. The van der Waals surface area contributed by atoms with Gasteiger partial charge < -0.3 is 30.5 Å². The highest BCUT2D eigenvalue weighted by atomic mass is 32.2. The second kappa shape index (κ2) is 18.7. The molecule has 1 aliphatic heterocycles. The van der Waals surface area contributed by atoms with E-state index < -0.39 is 59.6 Å². The zero-order valence-corrected chi connectivity index (χ0v) is 35.5. The largest absolute Gasteiger partial charge is 0.508 e. The third-order valence-corrected chi connectivity index (χ3v) is 13.6. The number of unbranched alkanes of at least 4 members (excludes halogenated alkanes) is 2. The number of hydrogen-bond donors (Lipinski definition) is 5. The van der Waals surface area contributed by atoms with E-state index in [0.29, 0.717) is 35.5 Å². The molecule has 3 atom stereocenters. The van der Waals surface area contributed by atoms with Crippen LogP contribution in [0.15, 0.2) is 76.5 Å². The van der Waals surface area contributed by atoms with Crippen LogP contribution in [0.4, 0.5) is 11.4 Å². The summed E-state index contributed by atoms with van der Waals surface area (Å²) in [4.78, 5) is 42.3. The first-order valence-corrected chi connectivity index (χ1v) is 25.2. The Hall–Kier alpha value is -4.05. The van der Waals surface area contributed by atoms with Gasteiger partial charge in [-0.15, -0.1) is 11.8 Å². The van der Waals surface area contributed by atoms with Gasteiger partial charge in [0.05, 0.1) is 16.1 Å². The molecule has 1 aliphatic rings. The summed E-state index contributed by atoms with van der Waals surface area (Å²) in [5, 5.41) is 25.1. The van der Waals surface area contributed by atoms with E-state index in [1.54, 1.807) is 6.07 Å². The van der Waals surface area contributed by atoms with Crippen LogP contribution in [0.5, 0.6) is 11.5 Å². The Balaban J connectivity index is 1.71. The van der Waals surface area contributed by atoms with Crippen LogP contribution in [0.25, 0.3) is 0 Å². The number of nitrogens with zero attached hydrogens (tertiary/aromatic N) is 1. The topological polar surface area (TPSA) is 174 Å². The number of aliphatic carboxylic acids is 1. The Kier molecular flexibility index (Phi) is 14.9. The van der Waals surface area contributed by atoms with Crippen molar-refractivity contribution in [2.75, 3.05) is 17.7 Å². The number of anilines is 2. The number of benzene rings is 3. The number of para-hydroxylation sites is 1. The maximum Gasteiger partial charge on any atom is 0.325 e. The van der Waals surface area contributed by atoms with Gasteiger partial charge in [0.2, 0.25) is 15.9 Å². The standard InChI is InChI=1S/C40H56N4O8S2Si/c1-8-10-21-40(22-11-9-2)26-44(29-15-13-12-14-16-29)32-23-34(53-4)33(24-35(32)54(50,51)43-40)52-27(3)37(46)42-36(28-17-19-30(45)20-18-28)38(47)41-31(39(48)49)25-55(5,6)7/h12-20,23-24,27,31,36,43,45H,8-11,21-22,25-26H2,1-7H3,(H,41,47)(H,42,46)(H,48,49)/t27?,31-,36+/m0/s1.